The highest BCUT2D eigenvalue weighted by Crippen LogP contribution is 2.26. The lowest BCUT2D eigenvalue weighted by molar-refractivity contribution is -0.142. The van der Waals surface area contributed by atoms with Gasteiger partial charge in [-0.25, -0.2) is 10.9 Å². The number of carbonyl (C=O) groups is 1. The first-order valence-corrected chi connectivity index (χ1v) is 6.77. The fourth-order valence-corrected chi connectivity index (χ4v) is 2.19. The summed E-state index contributed by atoms with van der Waals surface area (Å²) in [6, 6.07) is 7.74. The maximum absolute atomic E-state index is 11.5. The Morgan fingerprint density at radius 3 is 2.40 bits per heavy atom. The summed E-state index contributed by atoms with van der Waals surface area (Å²) in [5.41, 5.74) is 6.98. The van der Waals surface area contributed by atoms with Crippen molar-refractivity contribution in [3.63, 3.8) is 0 Å². The van der Waals surface area contributed by atoms with Crippen molar-refractivity contribution < 1.29 is 14.3 Å². The van der Waals surface area contributed by atoms with Crippen LogP contribution in [0.1, 0.15) is 38.8 Å². The van der Waals surface area contributed by atoms with Crippen molar-refractivity contribution in [3.8, 4) is 5.75 Å². The number of hydrogen-bond donors (Lipinski definition) is 2. The molecule has 1 aromatic carbocycles. The number of methoxy groups -OCH3 is 1. The smallest absolute Gasteiger partial charge is 0.324 e. The van der Waals surface area contributed by atoms with Crippen LogP contribution in [0.4, 0.5) is 0 Å². The summed E-state index contributed by atoms with van der Waals surface area (Å²) in [5.74, 6) is 0.601. The third-order valence-electron chi connectivity index (χ3n) is 3.10. The first-order valence-electron chi connectivity index (χ1n) is 6.77. The molecule has 5 heteroatoms. The summed E-state index contributed by atoms with van der Waals surface area (Å²) in [7, 11) is 1.40. The molecule has 1 aromatic rings. The SMILES string of the molecule is COC(=O)C1CC(c2ccc(OC(C)(C)C)cc2)NN1. The van der Waals surface area contributed by atoms with Gasteiger partial charge in [0, 0.05) is 6.04 Å². The second-order valence-corrected chi connectivity index (χ2v) is 5.94. The Morgan fingerprint density at radius 1 is 1.20 bits per heavy atom. The molecule has 2 atom stereocenters. The molecule has 1 saturated heterocycles. The van der Waals surface area contributed by atoms with Crippen LogP contribution in [-0.4, -0.2) is 24.7 Å². The average Bonchev–Trinajstić information content (AvgIpc) is 2.86. The summed E-state index contributed by atoms with van der Waals surface area (Å²) in [4.78, 5) is 11.5. The lowest BCUT2D eigenvalue weighted by Gasteiger charge is -2.21. The summed E-state index contributed by atoms with van der Waals surface area (Å²) in [6.07, 6.45) is 0.673. The van der Waals surface area contributed by atoms with Gasteiger partial charge < -0.3 is 9.47 Å². The number of carbonyl (C=O) groups excluding carboxylic acids is 1. The van der Waals surface area contributed by atoms with Crippen LogP contribution in [0.3, 0.4) is 0 Å². The summed E-state index contributed by atoms with van der Waals surface area (Å²) in [5, 5.41) is 0. The van der Waals surface area contributed by atoms with Gasteiger partial charge in [-0.15, -0.1) is 0 Å². The average molecular weight is 278 g/mol. The molecule has 20 heavy (non-hydrogen) atoms. The first-order chi connectivity index (χ1) is 9.39. The Hall–Kier alpha value is -1.59. The zero-order valence-electron chi connectivity index (χ0n) is 12.4. The van der Waals surface area contributed by atoms with Crippen molar-refractivity contribution in [1.29, 1.82) is 0 Å². The Bertz CT molecular complexity index is 465. The highest BCUT2D eigenvalue weighted by molar-refractivity contribution is 5.76. The van der Waals surface area contributed by atoms with Crippen molar-refractivity contribution in [2.75, 3.05) is 7.11 Å². The quantitative estimate of drug-likeness (QED) is 0.828. The third-order valence-corrected chi connectivity index (χ3v) is 3.10. The number of hydrazine groups is 1. The standard InChI is InChI=1S/C15H22N2O3/c1-15(2,3)20-11-7-5-10(6-8-11)12-9-13(17-16-12)14(18)19-4/h5-8,12-13,16-17H,9H2,1-4H3. The highest BCUT2D eigenvalue weighted by Gasteiger charge is 2.30. The first kappa shape index (κ1) is 14.8. The zero-order chi connectivity index (χ0) is 14.8. The van der Waals surface area contributed by atoms with Crippen LogP contribution < -0.4 is 15.6 Å². The molecule has 2 N–H and O–H groups in total. The van der Waals surface area contributed by atoms with Gasteiger partial charge in [0.25, 0.3) is 0 Å². The summed E-state index contributed by atoms with van der Waals surface area (Å²) in [6.45, 7) is 6.05. The monoisotopic (exact) mass is 278 g/mol. The molecular weight excluding hydrogens is 256 g/mol. The predicted octanol–water partition coefficient (Wildman–Crippen LogP) is 1.94. The molecule has 0 aromatic heterocycles. The van der Waals surface area contributed by atoms with Crippen LogP contribution in [0.2, 0.25) is 0 Å². The van der Waals surface area contributed by atoms with Crippen LogP contribution in [-0.2, 0) is 9.53 Å². The van der Waals surface area contributed by atoms with Gasteiger partial charge >= 0.3 is 5.97 Å². The van der Waals surface area contributed by atoms with E-state index in [1.807, 2.05) is 45.0 Å². The van der Waals surface area contributed by atoms with E-state index < -0.39 is 0 Å². The molecule has 2 unspecified atom stereocenters. The molecule has 1 heterocycles. The van der Waals surface area contributed by atoms with Crippen molar-refractivity contribution in [3.05, 3.63) is 29.8 Å². The van der Waals surface area contributed by atoms with Gasteiger partial charge in [0.15, 0.2) is 0 Å². The fourth-order valence-electron chi connectivity index (χ4n) is 2.19. The van der Waals surface area contributed by atoms with Crippen LogP contribution >= 0.6 is 0 Å². The van der Waals surface area contributed by atoms with Crippen LogP contribution in [0.25, 0.3) is 0 Å². The molecule has 0 spiro atoms. The van der Waals surface area contributed by atoms with Gasteiger partial charge in [0.2, 0.25) is 0 Å². The molecule has 1 fully saturated rings. The summed E-state index contributed by atoms with van der Waals surface area (Å²) >= 11 is 0. The predicted molar refractivity (Wildman–Crippen MR) is 76.3 cm³/mol. The minimum absolute atomic E-state index is 0.0998. The molecule has 1 aliphatic heterocycles. The van der Waals surface area contributed by atoms with Gasteiger partial charge in [0.05, 0.1) is 7.11 Å². The molecule has 0 saturated carbocycles. The van der Waals surface area contributed by atoms with E-state index in [2.05, 4.69) is 10.9 Å². The van der Waals surface area contributed by atoms with Gasteiger partial charge in [-0.05, 0) is 44.9 Å². The Kier molecular flexibility index (Phi) is 4.30. The molecule has 0 bridgehead atoms. The Morgan fingerprint density at radius 2 is 1.85 bits per heavy atom. The molecule has 0 radical (unpaired) electrons. The maximum atomic E-state index is 11.5. The molecule has 2 rings (SSSR count). The second-order valence-electron chi connectivity index (χ2n) is 5.94. The van der Waals surface area contributed by atoms with Crippen molar-refractivity contribution in [2.45, 2.75) is 44.9 Å². The van der Waals surface area contributed by atoms with E-state index in [-0.39, 0.29) is 23.7 Å². The Labute approximate surface area is 119 Å². The van der Waals surface area contributed by atoms with E-state index in [4.69, 9.17) is 9.47 Å². The normalized spacial score (nSPS) is 22.6. The second kappa shape index (κ2) is 5.81. The van der Waals surface area contributed by atoms with E-state index >= 15 is 0 Å². The lowest BCUT2D eigenvalue weighted by atomic mass is 10.0. The minimum atomic E-state index is -0.296. The maximum Gasteiger partial charge on any atom is 0.324 e. The van der Waals surface area contributed by atoms with E-state index in [9.17, 15) is 4.79 Å². The van der Waals surface area contributed by atoms with Gasteiger partial charge in [-0.3, -0.25) is 4.79 Å². The van der Waals surface area contributed by atoms with Crippen molar-refractivity contribution >= 4 is 5.97 Å². The number of hydrogen-bond acceptors (Lipinski definition) is 5. The zero-order valence-corrected chi connectivity index (χ0v) is 12.4. The van der Waals surface area contributed by atoms with Crippen LogP contribution in [0.15, 0.2) is 24.3 Å². The lowest BCUT2D eigenvalue weighted by Crippen LogP contribution is -2.36. The van der Waals surface area contributed by atoms with Crippen molar-refractivity contribution in [1.82, 2.24) is 10.9 Å². The number of benzene rings is 1. The van der Waals surface area contributed by atoms with E-state index in [0.717, 1.165) is 11.3 Å². The molecule has 1 aliphatic rings. The van der Waals surface area contributed by atoms with Gasteiger partial charge in [0.1, 0.15) is 17.4 Å². The molecule has 110 valence electrons. The van der Waals surface area contributed by atoms with Crippen LogP contribution in [0, 0.1) is 0 Å². The largest absolute Gasteiger partial charge is 0.488 e. The number of esters is 1. The van der Waals surface area contributed by atoms with Gasteiger partial charge in [-0.1, -0.05) is 12.1 Å². The van der Waals surface area contributed by atoms with Crippen molar-refractivity contribution in [2.24, 2.45) is 0 Å². The molecule has 0 aliphatic carbocycles. The molecule has 0 amide bonds. The van der Waals surface area contributed by atoms with Gasteiger partial charge in [-0.2, -0.15) is 0 Å². The minimum Gasteiger partial charge on any atom is -0.488 e. The molecule has 5 nitrogen and oxygen atoms in total. The summed E-state index contributed by atoms with van der Waals surface area (Å²) < 4.78 is 10.5. The number of nitrogens with one attached hydrogen (secondary N) is 2. The highest BCUT2D eigenvalue weighted by atomic mass is 16.5. The third kappa shape index (κ3) is 3.71. The van der Waals surface area contributed by atoms with E-state index in [1.165, 1.54) is 7.11 Å². The topological polar surface area (TPSA) is 59.6 Å². The van der Waals surface area contributed by atoms with E-state index in [1.54, 1.807) is 0 Å². The van der Waals surface area contributed by atoms with Crippen LogP contribution in [0.5, 0.6) is 5.75 Å². The number of ether oxygens (including phenoxy) is 2. The fraction of sp³-hybridized carbons (Fsp3) is 0.533. The van der Waals surface area contributed by atoms with E-state index in [0.29, 0.717) is 6.42 Å². The Balaban J connectivity index is 1.99. The number of rotatable bonds is 3. The molecular formula is C15H22N2O3.